The molecular weight excluding hydrogens is 300 g/mol. The van der Waals surface area contributed by atoms with Gasteiger partial charge in [0.15, 0.2) is 0 Å². The van der Waals surface area contributed by atoms with Crippen LogP contribution in [0.4, 0.5) is 0 Å². The SMILES string of the molecule is CSCCCCCCn1c(C(C)Cl)nc2cc(C)ccc21. The summed E-state index contributed by atoms with van der Waals surface area (Å²) in [6, 6.07) is 6.48. The molecule has 21 heavy (non-hydrogen) atoms. The molecule has 1 unspecified atom stereocenters. The number of benzene rings is 1. The molecular formula is C17H25ClN2S. The Kier molecular flexibility index (Phi) is 6.43. The molecule has 2 rings (SSSR count). The second-order valence-corrected chi connectivity index (χ2v) is 7.28. The maximum atomic E-state index is 6.31. The van der Waals surface area contributed by atoms with E-state index in [-0.39, 0.29) is 5.38 Å². The lowest BCUT2D eigenvalue weighted by Crippen LogP contribution is -2.04. The van der Waals surface area contributed by atoms with E-state index in [1.165, 1.54) is 42.5 Å². The Morgan fingerprint density at radius 3 is 2.71 bits per heavy atom. The van der Waals surface area contributed by atoms with Crippen molar-refractivity contribution in [2.75, 3.05) is 12.0 Å². The maximum absolute atomic E-state index is 6.31. The third kappa shape index (κ3) is 4.40. The molecule has 0 radical (unpaired) electrons. The number of unbranched alkanes of at least 4 members (excludes halogenated alkanes) is 3. The Bertz CT molecular complexity index is 577. The molecule has 2 aromatic rings. The van der Waals surface area contributed by atoms with Gasteiger partial charge in [-0.15, -0.1) is 11.6 Å². The number of hydrogen-bond acceptors (Lipinski definition) is 2. The van der Waals surface area contributed by atoms with Crippen LogP contribution in [-0.2, 0) is 6.54 Å². The quantitative estimate of drug-likeness (QED) is 0.467. The topological polar surface area (TPSA) is 17.8 Å². The highest BCUT2D eigenvalue weighted by molar-refractivity contribution is 7.98. The van der Waals surface area contributed by atoms with E-state index in [0.29, 0.717) is 0 Å². The molecule has 0 spiro atoms. The normalized spacial score (nSPS) is 13.0. The van der Waals surface area contributed by atoms with E-state index in [1.54, 1.807) is 0 Å². The third-order valence-electron chi connectivity index (χ3n) is 3.77. The van der Waals surface area contributed by atoms with Gasteiger partial charge >= 0.3 is 0 Å². The fourth-order valence-corrected chi connectivity index (χ4v) is 3.33. The van der Waals surface area contributed by atoms with E-state index < -0.39 is 0 Å². The van der Waals surface area contributed by atoms with Crippen LogP contribution in [0.15, 0.2) is 18.2 Å². The number of aryl methyl sites for hydroxylation is 2. The minimum absolute atomic E-state index is 0.0470. The van der Waals surface area contributed by atoms with Crippen molar-refractivity contribution in [3.05, 3.63) is 29.6 Å². The van der Waals surface area contributed by atoms with Gasteiger partial charge in [0.1, 0.15) is 5.82 Å². The van der Waals surface area contributed by atoms with Gasteiger partial charge in [0.05, 0.1) is 16.4 Å². The van der Waals surface area contributed by atoms with Crippen LogP contribution in [0.25, 0.3) is 11.0 Å². The summed E-state index contributed by atoms with van der Waals surface area (Å²) in [5.74, 6) is 2.28. The molecule has 0 aliphatic carbocycles. The molecule has 1 atom stereocenters. The van der Waals surface area contributed by atoms with Gasteiger partial charge in [0.2, 0.25) is 0 Å². The third-order valence-corrected chi connectivity index (χ3v) is 4.66. The maximum Gasteiger partial charge on any atom is 0.127 e. The highest BCUT2D eigenvalue weighted by atomic mass is 35.5. The predicted octanol–water partition coefficient (Wildman–Crippen LogP) is 5.57. The summed E-state index contributed by atoms with van der Waals surface area (Å²) >= 11 is 8.25. The lowest BCUT2D eigenvalue weighted by molar-refractivity contribution is 0.575. The monoisotopic (exact) mass is 324 g/mol. The predicted molar refractivity (Wildman–Crippen MR) is 95.6 cm³/mol. The van der Waals surface area contributed by atoms with Crippen molar-refractivity contribution in [1.82, 2.24) is 9.55 Å². The van der Waals surface area contributed by atoms with Crippen molar-refractivity contribution < 1.29 is 0 Å². The molecule has 0 bridgehead atoms. The highest BCUT2D eigenvalue weighted by Crippen LogP contribution is 2.25. The summed E-state index contributed by atoms with van der Waals surface area (Å²) < 4.78 is 2.31. The van der Waals surface area contributed by atoms with E-state index in [0.717, 1.165) is 17.9 Å². The van der Waals surface area contributed by atoms with Crippen molar-refractivity contribution in [3.8, 4) is 0 Å². The fraction of sp³-hybridized carbons (Fsp3) is 0.588. The van der Waals surface area contributed by atoms with Crippen LogP contribution in [-0.4, -0.2) is 21.6 Å². The Morgan fingerprint density at radius 2 is 2.00 bits per heavy atom. The second-order valence-electron chi connectivity index (χ2n) is 5.64. The molecule has 0 amide bonds. The van der Waals surface area contributed by atoms with Crippen LogP contribution in [0.2, 0.25) is 0 Å². The van der Waals surface area contributed by atoms with E-state index in [2.05, 4.69) is 35.9 Å². The first-order valence-corrected chi connectivity index (χ1v) is 9.56. The molecule has 1 heterocycles. The van der Waals surface area contributed by atoms with Gasteiger partial charge in [-0.25, -0.2) is 4.98 Å². The van der Waals surface area contributed by atoms with Crippen LogP contribution in [0.1, 0.15) is 49.4 Å². The molecule has 1 aromatic carbocycles. The number of aromatic nitrogens is 2. The minimum Gasteiger partial charge on any atom is -0.327 e. The Hall–Kier alpha value is -0.670. The van der Waals surface area contributed by atoms with Crippen LogP contribution < -0.4 is 0 Å². The van der Waals surface area contributed by atoms with E-state index in [1.807, 2.05) is 18.7 Å². The van der Waals surface area contributed by atoms with Crippen LogP contribution in [0.5, 0.6) is 0 Å². The first-order valence-electron chi connectivity index (χ1n) is 7.73. The lowest BCUT2D eigenvalue weighted by Gasteiger charge is -2.10. The van der Waals surface area contributed by atoms with Gasteiger partial charge in [0.25, 0.3) is 0 Å². The average Bonchev–Trinajstić information content (AvgIpc) is 2.80. The smallest absolute Gasteiger partial charge is 0.127 e. The molecule has 4 heteroatoms. The zero-order valence-electron chi connectivity index (χ0n) is 13.2. The first-order chi connectivity index (χ1) is 10.1. The molecule has 2 nitrogen and oxygen atoms in total. The van der Waals surface area contributed by atoms with Crippen LogP contribution in [0.3, 0.4) is 0 Å². The molecule has 0 N–H and O–H groups in total. The second kappa shape index (κ2) is 8.09. The van der Waals surface area contributed by atoms with Crippen molar-refractivity contribution in [3.63, 3.8) is 0 Å². The summed E-state index contributed by atoms with van der Waals surface area (Å²) in [6.45, 7) is 5.13. The molecule has 0 aliphatic rings. The molecule has 0 saturated heterocycles. The van der Waals surface area contributed by atoms with Gasteiger partial charge in [-0.3, -0.25) is 0 Å². The fourth-order valence-electron chi connectivity index (χ4n) is 2.67. The summed E-state index contributed by atoms with van der Waals surface area (Å²) in [4.78, 5) is 4.73. The Balaban J connectivity index is 2.08. The Morgan fingerprint density at radius 1 is 1.24 bits per heavy atom. The number of thioether (sulfide) groups is 1. The number of halogens is 1. The molecule has 116 valence electrons. The van der Waals surface area contributed by atoms with Gasteiger partial charge in [-0.1, -0.05) is 18.9 Å². The van der Waals surface area contributed by atoms with Crippen LogP contribution >= 0.6 is 23.4 Å². The van der Waals surface area contributed by atoms with Crippen molar-refractivity contribution in [2.24, 2.45) is 0 Å². The number of fused-ring (bicyclic) bond motifs is 1. The zero-order valence-corrected chi connectivity index (χ0v) is 14.8. The number of rotatable bonds is 8. The van der Waals surface area contributed by atoms with Crippen molar-refractivity contribution in [1.29, 1.82) is 0 Å². The average molecular weight is 325 g/mol. The van der Waals surface area contributed by atoms with Gasteiger partial charge in [-0.2, -0.15) is 11.8 Å². The number of nitrogens with zero attached hydrogens (tertiary/aromatic N) is 2. The summed E-state index contributed by atoms with van der Waals surface area (Å²) in [6.07, 6.45) is 7.29. The standard InChI is InChI=1S/C17H25ClN2S/c1-13-8-9-16-15(12-13)19-17(14(2)18)20(16)10-6-4-5-7-11-21-3/h8-9,12,14H,4-7,10-11H2,1-3H3. The molecule has 0 aliphatic heterocycles. The molecule has 0 saturated carbocycles. The van der Waals surface area contributed by atoms with Gasteiger partial charge < -0.3 is 4.57 Å². The van der Waals surface area contributed by atoms with Crippen LogP contribution in [0, 0.1) is 6.92 Å². The first kappa shape index (κ1) is 16.7. The summed E-state index contributed by atoms with van der Waals surface area (Å²) in [5.41, 5.74) is 3.53. The van der Waals surface area contributed by atoms with Gasteiger partial charge in [-0.05, 0) is 56.4 Å². The minimum atomic E-state index is -0.0470. The van der Waals surface area contributed by atoms with Crippen molar-refractivity contribution in [2.45, 2.75) is 51.5 Å². The highest BCUT2D eigenvalue weighted by Gasteiger charge is 2.14. The number of imidazole rings is 1. The molecule has 0 fully saturated rings. The summed E-state index contributed by atoms with van der Waals surface area (Å²) in [5, 5.41) is -0.0470. The van der Waals surface area contributed by atoms with Crippen molar-refractivity contribution >= 4 is 34.4 Å². The number of hydrogen-bond donors (Lipinski definition) is 0. The largest absolute Gasteiger partial charge is 0.327 e. The zero-order chi connectivity index (χ0) is 15.2. The van der Waals surface area contributed by atoms with E-state index in [9.17, 15) is 0 Å². The molecule has 1 aromatic heterocycles. The van der Waals surface area contributed by atoms with E-state index in [4.69, 9.17) is 16.6 Å². The summed E-state index contributed by atoms with van der Waals surface area (Å²) in [7, 11) is 0. The van der Waals surface area contributed by atoms with Gasteiger partial charge in [0, 0.05) is 6.54 Å². The Labute approximate surface area is 137 Å². The van der Waals surface area contributed by atoms with E-state index >= 15 is 0 Å². The number of alkyl halides is 1. The lowest BCUT2D eigenvalue weighted by atomic mass is 10.2.